The lowest BCUT2D eigenvalue weighted by molar-refractivity contribution is -0.142. The van der Waals surface area contributed by atoms with Crippen LogP contribution in [0.15, 0.2) is 84.2 Å². The normalized spacial score (nSPS) is 27.2. The van der Waals surface area contributed by atoms with Crippen molar-refractivity contribution >= 4 is 5.71 Å². The average molecular weight is 396 g/mol. The van der Waals surface area contributed by atoms with Crippen LogP contribution < -0.4 is 4.74 Å². The summed E-state index contributed by atoms with van der Waals surface area (Å²) in [7, 11) is 0. The molecule has 0 radical (unpaired) electrons. The van der Waals surface area contributed by atoms with Crippen LogP contribution in [0, 0.1) is 0 Å². The maximum Gasteiger partial charge on any atom is 0.198 e. The highest BCUT2D eigenvalue weighted by molar-refractivity contribution is 6.01. The van der Waals surface area contributed by atoms with Crippen molar-refractivity contribution in [3.05, 3.63) is 95.8 Å². The summed E-state index contributed by atoms with van der Waals surface area (Å²) in [6, 6.07) is 23.8. The number of nitrogens with zero attached hydrogens (tertiary/aromatic N) is 3. The van der Waals surface area contributed by atoms with Gasteiger partial charge in [0.25, 0.3) is 0 Å². The lowest BCUT2D eigenvalue weighted by Gasteiger charge is -2.50. The van der Waals surface area contributed by atoms with Crippen LogP contribution in [-0.4, -0.2) is 21.4 Å². The third-order valence-electron chi connectivity index (χ3n) is 6.96. The second-order valence-electron chi connectivity index (χ2n) is 8.62. The van der Waals surface area contributed by atoms with Gasteiger partial charge in [-0.25, -0.2) is 5.01 Å². The van der Waals surface area contributed by atoms with E-state index in [1.54, 1.807) is 0 Å². The van der Waals surface area contributed by atoms with Crippen LogP contribution in [0.25, 0.3) is 0 Å². The first-order valence-corrected chi connectivity index (χ1v) is 10.9. The number of pyridine rings is 1. The number of benzene rings is 2. The van der Waals surface area contributed by atoms with E-state index >= 15 is 0 Å². The number of hydrogen-bond acceptors (Lipinski definition) is 4. The highest BCUT2D eigenvalue weighted by Crippen LogP contribution is 2.52. The molecule has 1 aromatic heterocycles. The zero-order valence-corrected chi connectivity index (χ0v) is 16.9. The van der Waals surface area contributed by atoms with Crippen molar-refractivity contribution in [3.63, 3.8) is 0 Å². The highest BCUT2D eigenvalue weighted by Gasteiger charge is 2.51. The summed E-state index contributed by atoms with van der Waals surface area (Å²) in [5, 5.41) is 7.45. The van der Waals surface area contributed by atoms with Gasteiger partial charge in [-0.1, -0.05) is 48.5 Å². The van der Waals surface area contributed by atoms with Crippen LogP contribution >= 0.6 is 0 Å². The molecule has 0 N–H and O–H groups in total. The van der Waals surface area contributed by atoms with Crippen LogP contribution in [0.4, 0.5) is 0 Å². The van der Waals surface area contributed by atoms with Crippen molar-refractivity contribution in [1.29, 1.82) is 0 Å². The summed E-state index contributed by atoms with van der Waals surface area (Å²) < 4.78 is 6.75. The van der Waals surface area contributed by atoms with Crippen LogP contribution in [0.2, 0.25) is 0 Å². The summed E-state index contributed by atoms with van der Waals surface area (Å²) in [6.07, 6.45) is 8.83. The Morgan fingerprint density at radius 1 is 0.867 bits per heavy atom. The lowest BCUT2D eigenvalue weighted by atomic mass is 9.78. The zero-order valence-electron chi connectivity index (χ0n) is 16.9. The van der Waals surface area contributed by atoms with Crippen LogP contribution in [0.3, 0.4) is 0 Å². The Kier molecular flexibility index (Phi) is 4.12. The van der Waals surface area contributed by atoms with E-state index in [4.69, 9.17) is 9.84 Å². The predicted molar refractivity (Wildman–Crippen MR) is 117 cm³/mol. The maximum absolute atomic E-state index is 6.75. The molecular formula is C26H25N3O. The number of fused-ring (bicyclic) bond motifs is 4. The Morgan fingerprint density at radius 3 is 2.40 bits per heavy atom. The first-order valence-electron chi connectivity index (χ1n) is 10.9. The van der Waals surface area contributed by atoms with E-state index in [0.29, 0.717) is 5.92 Å². The first-order chi connectivity index (χ1) is 14.8. The van der Waals surface area contributed by atoms with Crippen LogP contribution in [-0.2, 0) is 0 Å². The molecule has 2 aromatic carbocycles. The fourth-order valence-electron chi connectivity index (χ4n) is 5.41. The van der Waals surface area contributed by atoms with E-state index in [1.807, 2.05) is 12.4 Å². The van der Waals surface area contributed by atoms with E-state index < -0.39 is 0 Å². The van der Waals surface area contributed by atoms with E-state index in [0.717, 1.165) is 49.1 Å². The molecule has 2 aliphatic heterocycles. The van der Waals surface area contributed by atoms with Gasteiger partial charge in [-0.05, 0) is 42.5 Å². The molecule has 1 saturated carbocycles. The number of para-hydroxylation sites is 1. The Morgan fingerprint density at radius 2 is 1.60 bits per heavy atom. The predicted octanol–water partition coefficient (Wildman–Crippen LogP) is 5.68. The van der Waals surface area contributed by atoms with Gasteiger partial charge >= 0.3 is 0 Å². The SMILES string of the molecule is c1ccc(C2CCC3(CC2)Oc2ccccc2[C@@H]2CC(c4ccncc4)=NN23)cc1. The molecule has 3 heterocycles. The quantitative estimate of drug-likeness (QED) is 0.560. The molecular weight excluding hydrogens is 370 g/mol. The van der Waals surface area contributed by atoms with Gasteiger partial charge in [0, 0.05) is 42.8 Å². The fourth-order valence-corrected chi connectivity index (χ4v) is 5.41. The van der Waals surface area contributed by atoms with E-state index in [2.05, 4.69) is 76.7 Å². The van der Waals surface area contributed by atoms with E-state index in [-0.39, 0.29) is 11.8 Å². The van der Waals surface area contributed by atoms with Gasteiger partial charge in [-0.3, -0.25) is 4.98 Å². The molecule has 1 aliphatic carbocycles. The summed E-state index contributed by atoms with van der Waals surface area (Å²) in [4.78, 5) is 4.17. The zero-order chi connectivity index (χ0) is 20.0. The number of rotatable bonds is 2. The standard InChI is InChI=1S/C26H25N3O/c1-2-6-19(7-3-1)20-10-14-26(15-11-20)29-24(22-8-4-5-9-25(22)30-26)18-23(28-29)21-12-16-27-17-13-21/h1-9,12-13,16-17,20,24H,10-11,14-15,18H2/t20?,24-,26?/m0/s1. The molecule has 150 valence electrons. The number of hydrazone groups is 1. The van der Waals surface area contributed by atoms with E-state index in [9.17, 15) is 0 Å². The average Bonchev–Trinajstić information content (AvgIpc) is 3.28. The molecule has 0 unspecified atom stereocenters. The fraction of sp³-hybridized carbons (Fsp3) is 0.308. The van der Waals surface area contributed by atoms with Gasteiger partial charge in [0.05, 0.1) is 11.8 Å². The Hall–Kier alpha value is -3.14. The van der Waals surface area contributed by atoms with Crippen molar-refractivity contribution < 1.29 is 4.74 Å². The minimum atomic E-state index is -0.348. The smallest absolute Gasteiger partial charge is 0.198 e. The largest absolute Gasteiger partial charge is 0.466 e. The Bertz CT molecular complexity index is 1070. The van der Waals surface area contributed by atoms with Gasteiger partial charge in [0.15, 0.2) is 5.72 Å². The number of aromatic nitrogens is 1. The van der Waals surface area contributed by atoms with Gasteiger partial charge in [0.2, 0.25) is 0 Å². The summed E-state index contributed by atoms with van der Waals surface area (Å²) in [5.41, 5.74) is 4.64. The molecule has 0 saturated heterocycles. The lowest BCUT2D eigenvalue weighted by Crippen LogP contribution is -2.55. The van der Waals surface area contributed by atoms with Crippen molar-refractivity contribution in [2.24, 2.45) is 5.10 Å². The van der Waals surface area contributed by atoms with Crippen molar-refractivity contribution in [2.75, 3.05) is 0 Å². The van der Waals surface area contributed by atoms with Crippen molar-refractivity contribution in [3.8, 4) is 5.75 Å². The third kappa shape index (κ3) is 2.82. The van der Waals surface area contributed by atoms with Gasteiger partial charge in [-0.2, -0.15) is 5.10 Å². The van der Waals surface area contributed by atoms with Crippen molar-refractivity contribution in [1.82, 2.24) is 9.99 Å². The molecule has 3 aliphatic rings. The molecule has 0 amide bonds. The van der Waals surface area contributed by atoms with E-state index in [1.165, 1.54) is 11.1 Å². The summed E-state index contributed by atoms with van der Waals surface area (Å²) in [5.74, 6) is 1.63. The van der Waals surface area contributed by atoms with Gasteiger partial charge < -0.3 is 4.74 Å². The topological polar surface area (TPSA) is 37.7 Å². The minimum Gasteiger partial charge on any atom is -0.466 e. The molecule has 3 aromatic rings. The second-order valence-corrected chi connectivity index (χ2v) is 8.62. The molecule has 1 fully saturated rings. The first kappa shape index (κ1) is 17.7. The van der Waals surface area contributed by atoms with Crippen molar-refractivity contribution in [2.45, 2.75) is 49.8 Å². The van der Waals surface area contributed by atoms with Crippen LogP contribution in [0.1, 0.15) is 60.8 Å². The van der Waals surface area contributed by atoms with Gasteiger partial charge in [-0.15, -0.1) is 0 Å². The Balaban J connectivity index is 1.35. The third-order valence-corrected chi connectivity index (χ3v) is 6.96. The minimum absolute atomic E-state index is 0.242. The molecule has 1 atom stereocenters. The second kappa shape index (κ2) is 6.98. The highest BCUT2D eigenvalue weighted by atomic mass is 16.5. The maximum atomic E-state index is 6.75. The molecule has 0 bridgehead atoms. The summed E-state index contributed by atoms with van der Waals surface area (Å²) in [6.45, 7) is 0. The Labute approximate surface area is 177 Å². The number of hydrogen-bond donors (Lipinski definition) is 0. The molecule has 6 rings (SSSR count). The van der Waals surface area contributed by atoms with Crippen LogP contribution in [0.5, 0.6) is 5.75 Å². The monoisotopic (exact) mass is 395 g/mol. The molecule has 1 spiro atoms. The molecule has 30 heavy (non-hydrogen) atoms. The molecule has 4 nitrogen and oxygen atoms in total. The summed E-state index contributed by atoms with van der Waals surface area (Å²) >= 11 is 0. The molecule has 4 heteroatoms. The number of ether oxygens (including phenoxy) is 1. The van der Waals surface area contributed by atoms with Gasteiger partial charge in [0.1, 0.15) is 5.75 Å².